The number of amides is 4. The molecule has 1 saturated heterocycles. The summed E-state index contributed by atoms with van der Waals surface area (Å²) in [7, 11) is 1.45. The van der Waals surface area contributed by atoms with E-state index in [1.807, 2.05) is 32.0 Å². The summed E-state index contributed by atoms with van der Waals surface area (Å²) in [5.41, 5.74) is 2.60. The number of halogens is 2. The van der Waals surface area contributed by atoms with Crippen LogP contribution in [0.25, 0.3) is 6.08 Å². The van der Waals surface area contributed by atoms with E-state index in [2.05, 4.69) is 21.2 Å². The van der Waals surface area contributed by atoms with Crippen molar-refractivity contribution >= 4 is 57.1 Å². The predicted octanol–water partition coefficient (Wildman–Crippen LogP) is 5.85. The lowest BCUT2D eigenvalue weighted by atomic mass is 10.1. The number of ether oxygens (including phenoxy) is 3. The van der Waals surface area contributed by atoms with Gasteiger partial charge in [0.2, 0.25) is 0 Å². The van der Waals surface area contributed by atoms with Gasteiger partial charge in [0.05, 0.1) is 17.8 Å². The second kappa shape index (κ2) is 11.7. The van der Waals surface area contributed by atoms with Gasteiger partial charge in [0.25, 0.3) is 11.8 Å². The van der Waals surface area contributed by atoms with E-state index in [9.17, 15) is 14.4 Å². The fourth-order valence-electron chi connectivity index (χ4n) is 3.77. The van der Waals surface area contributed by atoms with Crippen molar-refractivity contribution in [2.24, 2.45) is 0 Å². The van der Waals surface area contributed by atoms with Gasteiger partial charge < -0.3 is 14.2 Å². The Kier molecular flexibility index (Phi) is 8.38. The summed E-state index contributed by atoms with van der Waals surface area (Å²) in [5, 5.41) is 2.41. The molecule has 0 saturated carbocycles. The molecule has 3 aromatic carbocycles. The van der Waals surface area contributed by atoms with Crippen molar-refractivity contribution in [2.45, 2.75) is 13.8 Å². The highest BCUT2D eigenvalue weighted by Gasteiger charge is 2.36. The van der Waals surface area contributed by atoms with E-state index in [0.717, 1.165) is 26.2 Å². The summed E-state index contributed by atoms with van der Waals surface area (Å²) in [6.07, 6.45) is 1.35. The quantitative estimate of drug-likeness (QED) is 0.198. The number of benzene rings is 3. The monoisotopic (exact) mass is 598 g/mol. The van der Waals surface area contributed by atoms with Crippen LogP contribution < -0.4 is 24.4 Å². The fourth-order valence-corrected chi connectivity index (χ4v) is 4.31. The first-order chi connectivity index (χ1) is 18.2. The number of methoxy groups -OCH3 is 1. The van der Waals surface area contributed by atoms with Gasteiger partial charge >= 0.3 is 6.03 Å². The molecule has 0 aliphatic carbocycles. The third-order valence-corrected chi connectivity index (χ3v) is 6.49. The molecular weight excluding hydrogens is 576 g/mol. The number of carbonyl (C=O) groups excluding carboxylic acids is 3. The Labute approximate surface area is 233 Å². The topological polar surface area (TPSA) is 94.2 Å². The van der Waals surface area contributed by atoms with Gasteiger partial charge in [-0.3, -0.25) is 14.9 Å². The molecule has 38 heavy (non-hydrogen) atoms. The van der Waals surface area contributed by atoms with E-state index in [0.29, 0.717) is 22.7 Å². The van der Waals surface area contributed by atoms with Crippen LogP contribution in [0.15, 0.2) is 64.6 Å². The lowest BCUT2D eigenvalue weighted by Gasteiger charge is -2.26. The van der Waals surface area contributed by atoms with E-state index >= 15 is 0 Å². The molecule has 196 valence electrons. The number of nitrogens with one attached hydrogen (secondary N) is 1. The largest absolute Gasteiger partial charge is 0.493 e. The summed E-state index contributed by atoms with van der Waals surface area (Å²) in [6, 6.07) is 14.8. The molecule has 4 rings (SSSR count). The molecule has 0 atom stereocenters. The second-order valence-electron chi connectivity index (χ2n) is 8.43. The fraction of sp³-hybridized carbons (Fsp3) is 0.179. The summed E-state index contributed by atoms with van der Waals surface area (Å²) >= 11 is 9.79. The zero-order valence-corrected chi connectivity index (χ0v) is 23.2. The van der Waals surface area contributed by atoms with Gasteiger partial charge in [0, 0.05) is 4.47 Å². The van der Waals surface area contributed by atoms with Crippen molar-refractivity contribution in [3.8, 4) is 17.2 Å². The predicted molar refractivity (Wildman–Crippen MR) is 148 cm³/mol. The van der Waals surface area contributed by atoms with Crippen molar-refractivity contribution < 1.29 is 28.6 Å². The Morgan fingerprint density at radius 2 is 1.66 bits per heavy atom. The Hall–Kier alpha value is -3.82. The van der Waals surface area contributed by atoms with Crippen molar-refractivity contribution in [3.05, 3.63) is 86.4 Å². The van der Waals surface area contributed by atoms with Crippen molar-refractivity contribution in [2.75, 3.05) is 25.2 Å². The number of aryl methyl sites for hydroxylation is 2. The average Bonchev–Trinajstić information content (AvgIpc) is 2.88. The summed E-state index contributed by atoms with van der Waals surface area (Å²) in [5.74, 6) is -0.195. The molecular formula is C28H24BrClN2O6. The highest BCUT2D eigenvalue weighted by atomic mass is 79.9. The van der Waals surface area contributed by atoms with Crippen LogP contribution in [-0.4, -0.2) is 38.2 Å². The summed E-state index contributed by atoms with van der Waals surface area (Å²) in [6.45, 7) is 4.44. The number of anilines is 1. The molecule has 0 bridgehead atoms. The van der Waals surface area contributed by atoms with Gasteiger partial charge in [-0.2, -0.15) is 0 Å². The first-order valence-electron chi connectivity index (χ1n) is 11.6. The molecule has 1 aliphatic heterocycles. The van der Waals surface area contributed by atoms with Crippen LogP contribution >= 0.6 is 27.5 Å². The van der Waals surface area contributed by atoms with E-state index in [1.165, 1.54) is 13.2 Å². The van der Waals surface area contributed by atoms with Gasteiger partial charge in [-0.05, 0) is 79.1 Å². The van der Waals surface area contributed by atoms with Crippen LogP contribution in [0.1, 0.15) is 16.7 Å². The highest BCUT2D eigenvalue weighted by Crippen LogP contribution is 2.37. The van der Waals surface area contributed by atoms with Crippen LogP contribution in [0, 0.1) is 13.8 Å². The first kappa shape index (κ1) is 27.2. The van der Waals surface area contributed by atoms with E-state index in [-0.39, 0.29) is 23.8 Å². The van der Waals surface area contributed by atoms with Gasteiger partial charge in [-0.15, -0.1) is 0 Å². The van der Waals surface area contributed by atoms with Crippen LogP contribution in [0.2, 0.25) is 5.02 Å². The SMILES string of the molecule is COc1cc(/C=C2/C(=O)NC(=O)N(c3ccc(Br)cc3)C2=O)cc(Cl)c1OCCOc1cc(C)ccc1C. The van der Waals surface area contributed by atoms with Crippen LogP contribution in [-0.2, 0) is 9.59 Å². The zero-order chi connectivity index (χ0) is 27.4. The molecule has 1 N–H and O–H groups in total. The van der Waals surface area contributed by atoms with Gasteiger partial charge in [-0.1, -0.05) is 39.7 Å². The number of hydrogen-bond donors (Lipinski definition) is 1. The third kappa shape index (κ3) is 6.00. The number of imide groups is 2. The average molecular weight is 600 g/mol. The molecule has 1 fully saturated rings. The standard InChI is InChI=1S/C28H24BrClN2O6/c1-16-4-5-17(2)23(12-16)37-10-11-38-25-22(30)14-18(15-24(25)36-3)13-21-26(33)31-28(35)32(27(21)34)20-8-6-19(29)7-9-20/h4-9,12-15H,10-11H2,1-3H3,(H,31,33,35)/b21-13-. The van der Waals surface area contributed by atoms with Crippen LogP contribution in [0.3, 0.4) is 0 Å². The van der Waals surface area contributed by atoms with E-state index in [1.54, 1.807) is 36.4 Å². The van der Waals surface area contributed by atoms with Crippen molar-refractivity contribution in [3.63, 3.8) is 0 Å². The van der Waals surface area contributed by atoms with Crippen molar-refractivity contribution in [1.82, 2.24) is 5.32 Å². The van der Waals surface area contributed by atoms with Gasteiger partial charge in [0.1, 0.15) is 24.5 Å². The maximum Gasteiger partial charge on any atom is 0.335 e. The Balaban J connectivity index is 1.52. The molecule has 0 radical (unpaired) electrons. The minimum atomic E-state index is -0.832. The zero-order valence-electron chi connectivity index (χ0n) is 20.8. The molecule has 10 heteroatoms. The second-order valence-corrected chi connectivity index (χ2v) is 9.76. The number of carbonyl (C=O) groups is 3. The molecule has 0 aromatic heterocycles. The third-order valence-electron chi connectivity index (χ3n) is 5.68. The molecule has 1 aliphatic rings. The van der Waals surface area contributed by atoms with E-state index in [4.69, 9.17) is 25.8 Å². The van der Waals surface area contributed by atoms with Crippen LogP contribution in [0.5, 0.6) is 17.2 Å². The maximum absolute atomic E-state index is 13.1. The Morgan fingerprint density at radius 3 is 2.37 bits per heavy atom. The lowest BCUT2D eigenvalue weighted by molar-refractivity contribution is -0.122. The van der Waals surface area contributed by atoms with E-state index < -0.39 is 17.8 Å². The molecule has 4 amide bonds. The molecule has 8 nitrogen and oxygen atoms in total. The van der Waals surface area contributed by atoms with Crippen LogP contribution in [0.4, 0.5) is 10.5 Å². The number of barbiturate groups is 1. The Morgan fingerprint density at radius 1 is 0.947 bits per heavy atom. The number of urea groups is 1. The normalized spacial score (nSPS) is 14.5. The Bertz CT molecular complexity index is 1440. The summed E-state index contributed by atoms with van der Waals surface area (Å²) in [4.78, 5) is 39.0. The van der Waals surface area contributed by atoms with Crippen molar-refractivity contribution in [1.29, 1.82) is 0 Å². The molecule has 0 spiro atoms. The highest BCUT2D eigenvalue weighted by molar-refractivity contribution is 9.10. The number of hydrogen-bond acceptors (Lipinski definition) is 6. The molecule has 3 aromatic rings. The smallest absolute Gasteiger partial charge is 0.335 e. The number of rotatable bonds is 8. The molecule has 1 heterocycles. The van der Waals surface area contributed by atoms with Gasteiger partial charge in [-0.25, -0.2) is 9.69 Å². The maximum atomic E-state index is 13.1. The van der Waals surface area contributed by atoms with Gasteiger partial charge in [0.15, 0.2) is 11.5 Å². The lowest BCUT2D eigenvalue weighted by Crippen LogP contribution is -2.54. The first-order valence-corrected chi connectivity index (χ1v) is 12.7. The number of nitrogens with zero attached hydrogens (tertiary/aromatic N) is 1. The minimum absolute atomic E-state index is 0.203. The minimum Gasteiger partial charge on any atom is -0.493 e. The summed E-state index contributed by atoms with van der Waals surface area (Å²) < 4.78 is 17.9. The molecule has 0 unspecified atom stereocenters.